The molecule has 1 saturated carbocycles. The van der Waals surface area contributed by atoms with Gasteiger partial charge < -0.3 is 11.1 Å². The highest BCUT2D eigenvalue weighted by Crippen LogP contribution is 2.40. The molecule has 0 heterocycles. The summed E-state index contributed by atoms with van der Waals surface area (Å²) in [5.41, 5.74) is 7.08. The molecule has 0 saturated heterocycles. The first-order valence-electron chi connectivity index (χ1n) is 7.64. The number of amides is 1. The van der Waals surface area contributed by atoms with Crippen LogP contribution in [0.25, 0.3) is 0 Å². The lowest BCUT2D eigenvalue weighted by molar-refractivity contribution is -0.122. The molecule has 1 fully saturated rings. The van der Waals surface area contributed by atoms with Crippen LogP contribution in [0.2, 0.25) is 0 Å². The predicted octanol–water partition coefficient (Wildman–Crippen LogP) is 2.67. The van der Waals surface area contributed by atoms with E-state index in [1.54, 1.807) is 0 Å². The Morgan fingerprint density at radius 3 is 2.65 bits per heavy atom. The molecule has 3 N–H and O–H groups in total. The summed E-state index contributed by atoms with van der Waals surface area (Å²) in [7, 11) is 0. The highest BCUT2D eigenvalue weighted by Gasteiger charge is 2.39. The van der Waals surface area contributed by atoms with E-state index in [4.69, 9.17) is 5.73 Å². The molecule has 1 amide bonds. The van der Waals surface area contributed by atoms with Crippen molar-refractivity contribution in [3.63, 3.8) is 0 Å². The minimum atomic E-state index is 0.157. The molecule has 0 aliphatic heterocycles. The van der Waals surface area contributed by atoms with Crippen molar-refractivity contribution >= 4 is 5.91 Å². The number of carbonyl (C=O) groups excluding carboxylic acids is 1. The first kappa shape index (κ1) is 15.0. The maximum Gasteiger partial charge on any atom is 0.220 e. The van der Waals surface area contributed by atoms with Crippen molar-refractivity contribution in [2.24, 2.45) is 17.6 Å². The Balaban J connectivity index is 1.76. The van der Waals surface area contributed by atoms with Gasteiger partial charge in [-0.2, -0.15) is 0 Å². The van der Waals surface area contributed by atoms with Gasteiger partial charge >= 0.3 is 0 Å². The molecule has 1 aliphatic carbocycles. The van der Waals surface area contributed by atoms with Gasteiger partial charge in [0.05, 0.1) is 0 Å². The third kappa shape index (κ3) is 4.34. The van der Waals surface area contributed by atoms with Gasteiger partial charge in [0.1, 0.15) is 0 Å². The van der Waals surface area contributed by atoms with E-state index in [1.165, 1.54) is 5.56 Å². The van der Waals surface area contributed by atoms with E-state index in [-0.39, 0.29) is 5.91 Å². The van der Waals surface area contributed by atoms with E-state index in [9.17, 15) is 4.79 Å². The van der Waals surface area contributed by atoms with E-state index in [0.717, 1.165) is 12.8 Å². The molecule has 1 aliphatic rings. The normalized spacial score (nSPS) is 22.6. The number of nitrogens with one attached hydrogen (secondary N) is 1. The standard InChI is InChI=1S/C17H26N2O/c1-12(2)8-13(11-18)9-17(20)19-16-10-15(16)14-6-4-3-5-7-14/h3-7,12-13,15-16H,8-11,18H2,1-2H3,(H,19,20)/t13-,15?,16?/m0/s1. The van der Waals surface area contributed by atoms with Gasteiger partial charge in [-0.3, -0.25) is 4.79 Å². The maximum absolute atomic E-state index is 12.1. The number of hydrogen-bond donors (Lipinski definition) is 2. The fourth-order valence-electron chi connectivity index (χ4n) is 2.88. The van der Waals surface area contributed by atoms with Crippen LogP contribution in [-0.2, 0) is 4.79 Å². The van der Waals surface area contributed by atoms with Gasteiger partial charge in [-0.15, -0.1) is 0 Å². The summed E-state index contributed by atoms with van der Waals surface area (Å²) < 4.78 is 0. The second kappa shape index (κ2) is 6.89. The van der Waals surface area contributed by atoms with Crippen LogP contribution < -0.4 is 11.1 Å². The number of benzene rings is 1. The van der Waals surface area contributed by atoms with Gasteiger partial charge in [-0.1, -0.05) is 44.2 Å². The molecular weight excluding hydrogens is 248 g/mol. The monoisotopic (exact) mass is 274 g/mol. The number of nitrogens with two attached hydrogens (primary N) is 1. The van der Waals surface area contributed by atoms with Gasteiger partial charge in [-0.25, -0.2) is 0 Å². The van der Waals surface area contributed by atoms with E-state index >= 15 is 0 Å². The zero-order valence-electron chi connectivity index (χ0n) is 12.5. The largest absolute Gasteiger partial charge is 0.353 e. The second-order valence-corrected chi connectivity index (χ2v) is 6.36. The molecule has 3 nitrogen and oxygen atoms in total. The fourth-order valence-corrected chi connectivity index (χ4v) is 2.88. The fraction of sp³-hybridized carbons (Fsp3) is 0.588. The highest BCUT2D eigenvalue weighted by atomic mass is 16.1. The SMILES string of the molecule is CC(C)C[C@H](CN)CC(=O)NC1CC1c1ccccc1. The smallest absolute Gasteiger partial charge is 0.220 e. The zero-order valence-corrected chi connectivity index (χ0v) is 12.5. The summed E-state index contributed by atoms with van der Waals surface area (Å²) in [5, 5.41) is 3.15. The van der Waals surface area contributed by atoms with Gasteiger partial charge in [0.25, 0.3) is 0 Å². The Bertz CT molecular complexity index is 430. The minimum absolute atomic E-state index is 0.157. The molecule has 0 spiro atoms. The van der Waals surface area contributed by atoms with Crippen molar-refractivity contribution in [3.05, 3.63) is 35.9 Å². The molecule has 1 aromatic carbocycles. The van der Waals surface area contributed by atoms with E-state index in [2.05, 4.69) is 43.4 Å². The molecule has 0 radical (unpaired) electrons. The molecule has 110 valence electrons. The Kier molecular flexibility index (Phi) is 5.18. The predicted molar refractivity (Wildman–Crippen MR) is 82.3 cm³/mol. The summed E-state index contributed by atoms with van der Waals surface area (Å²) in [6.07, 6.45) is 2.65. The zero-order chi connectivity index (χ0) is 14.5. The van der Waals surface area contributed by atoms with Crippen molar-refractivity contribution in [3.8, 4) is 0 Å². The molecule has 20 heavy (non-hydrogen) atoms. The Labute approximate surface area is 121 Å². The second-order valence-electron chi connectivity index (χ2n) is 6.36. The lowest BCUT2D eigenvalue weighted by atomic mass is 9.94. The average molecular weight is 274 g/mol. The lowest BCUT2D eigenvalue weighted by Gasteiger charge is -2.16. The number of rotatable bonds is 7. The van der Waals surface area contributed by atoms with Gasteiger partial charge in [0.2, 0.25) is 5.91 Å². The van der Waals surface area contributed by atoms with E-state index < -0.39 is 0 Å². The molecule has 2 unspecified atom stereocenters. The third-order valence-corrected chi connectivity index (χ3v) is 3.98. The molecule has 0 bridgehead atoms. The van der Waals surface area contributed by atoms with Gasteiger partial charge in [-0.05, 0) is 36.8 Å². The summed E-state index contributed by atoms with van der Waals surface area (Å²) in [6, 6.07) is 10.7. The van der Waals surface area contributed by atoms with Crippen LogP contribution in [0.5, 0.6) is 0 Å². The Morgan fingerprint density at radius 1 is 1.35 bits per heavy atom. The number of hydrogen-bond acceptors (Lipinski definition) is 2. The molecule has 2 rings (SSSR count). The Morgan fingerprint density at radius 2 is 2.05 bits per heavy atom. The van der Waals surface area contributed by atoms with Crippen LogP contribution >= 0.6 is 0 Å². The van der Waals surface area contributed by atoms with Crippen LogP contribution in [-0.4, -0.2) is 18.5 Å². The first-order chi connectivity index (χ1) is 9.60. The summed E-state index contributed by atoms with van der Waals surface area (Å²) >= 11 is 0. The molecule has 0 aromatic heterocycles. The summed E-state index contributed by atoms with van der Waals surface area (Å²) in [6.45, 7) is 4.94. The molecule has 3 heteroatoms. The van der Waals surface area contributed by atoms with E-state index in [0.29, 0.717) is 36.8 Å². The molecule has 1 aromatic rings. The summed E-state index contributed by atoms with van der Waals surface area (Å²) in [4.78, 5) is 12.1. The maximum atomic E-state index is 12.1. The number of carbonyl (C=O) groups is 1. The van der Waals surface area contributed by atoms with Crippen LogP contribution in [0, 0.1) is 11.8 Å². The summed E-state index contributed by atoms with van der Waals surface area (Å²) in [5.74, 6) is 1.56. The van der Waals surface area contributed by atoms with Crippen LogP contribution in [0.15, 0.2) is 30.3 Å². The van der Waals surface area contributed by atoms with Crippen molar-refractivity contribution < 1.29 is 4.79 Å². The van der Waals surface area contributed by atoms with Crippen molar-refractivity contribution in [2.45, 2.75) is 45.1 Å². The van der Waals surface area contributed by atoms with Crippen molar-refractivity contribution in [1.29, 1.82) is 0 Å². The first-order valence-corrected chi connectivity index (χ1v) is 7.64. The lowest BCUT2D eigenvalue weighted by Crippen LogP contribution is -2.30. The van der Waals surface area contributed by atoms with Gasteiger partial charge in [0, 0.05) is 18.4 Å². The van der Waals surface area contributed by atoms with Crippen LogP contribution in [0.4, 0.5) is 0 Å². The molecule has 3 atom stereocenters. The quantitative estimate of drug-likeness (QED) is 0.803. The topological polar surface area (TPSA) is 55.1 Å². The van der Waals surface area contributed by atoms with Crippen LogP contribution in [0.3, 0.4) is 0 Å². The third-order valence-electron chi connectivity index (χ3n) is 3.98. The Hall–Kier alpha value is -1.35. The highest BCUT2D eigenvalue weighted by molar-refractivity contribution is 5.77. The van der Waals surface area contributed by atoms with E-state index in [1.807, 2.05) is 6.07 Å². The minimum Gasteiger partial charge on any atom is -0.353 e. The average Bonchev–Trinajstić information content (AvgIpc) is 3.17. The van der Waals surface area contributed by atoms with Crippen molar-refractivity contribution in [1.82, 2.24) is 5.32 Å². The molecular formula is C17H26N2O. The van der Waals surface area contributed by atoms with Crippen LogP contribution in [0.1, 0.15) is 44.6 Å². The van der Waals surface area contributed by atoms with Crippen molar-refractivity contribution in [2.75, 3.05) is 6.54 Å². The van der Waals surface area contributed by atoms with Gasteiger partial charge in [0.15, 0.2) is 0 Å².